The smallest absolute Gasteiger partial charge is 0.211 e. The molecule has 1 fully saturated rings. The minimum atomic E-state index is -3.15. The van der Waals surface area contributed by atoms with Crippen molar-refractivity contribution in [2.45, 2.75) is 40.2 Å². The van der Waals surface area contributed by atoms with Gasteiger partial charge in [0.15, 0.2) is 5.96 Å². The van der Waals surface area contributed by atoms with Crippen molar-refractivity contribution in [3.05, 3.63) is 0 Å². The van der Waals surface area contributed by atoms with E-state index >= 15 is 0 Å². The molecule has 162 valence electrons. The Balaban J connectivity index is 0.00000676. The summed E-state index contributed by atoms with van der Waals surface area (Å²) in [6.45, 7) is 13.9. The van der Waals surface area contributed by atoms with E-state index in [2.05, 4.69) is 34.1 Å². The number of rotatable bonds is 11. The van der Waals surface area contributed by atoms with Gasteiger partial charge < -0.3 is 15.4 Å². The molecule has 27 heavy (non-hydrogen) atoms. The summed E-state index contributed by atoms with van der Waals surface area (Å²) in [5.74, 6) is 1.43. The van der Waals surface area contributed by atoms with Gasteiger partial charge in [0, 0.05) is 38.8 Å². The van der Waals surface area contributed by atoms with E-state index in [0.29, 0.717) is 31.6 Å². The van der Waals surface area contributed by atoms with Crippen molar-refractivity contribution < 1.29 is 13.2 Å². The molecule has 0 aromatic heterocycles. The molecule has 1 rings (SSSR count). The van der Waals surface area contributed by atoms with Crippen LogP contribution >= 0.6 is 24.0 Å². The van der Waals surface area contributed by atoms with Gasteiger partial charge in [-0.25, -0.2) is 13.1 Å². The average molecular weight is 519 g/mol. The maximum absolute atomic E-state index is 11.5. The van der Waals surface area contributed by atoms with Crippen LogP contribution in [0.4, 0.5) is 0 Å². The lowest BCUT2D eigenvalue weighted by molar-refractivity contribution is 0.0143. The molecular weight excluding hydrogens is 481 g/mol. The molecule has 1 aliphatic rings. The number of hydrogen-bond donors (Lipinski definition) is 3. The summed E-state index contributed by atoms with van der Waals surface area (Å²) in [5, 5.41) is 6.42. The number of hydrogen-bond acceptors (Lipinski definition) is 5. The van der Waals surface area contributed by atoms with E-state index < -0.39 is 10.0 Å². The summed E-state index contributed by atoms with van der Waals surface area (Å²) in [5.41, 5.74) is 0. The van der Waals surface area contributed by atoms with Gasteiger partial charge in [0.2, 0.25) is 10.0 Å². The summed E-state index contributed by atoms with van der Waals surface area (Å²) in [6.07, 6.45) is 1.10. The molecule has 0 saturated carbocycles. The molecule has 10 heteroatoms. The molecule has 1 atom stereocenters. The van der Waals surface area contributed by atoms with E-state index in [9.17, 15) is 8.42 Å². The van der Waals surface area contributed by atoms with Crippen LogP contribution in [0.1, 0.15) is 34.1 Å². The zero-order valence-corrected chi connectivity index (χ0v) is 20.3. The van der Waals surface area contributed by atoms with Gasteiger partial charge in [0.1, 0.15) is 0 Å². The normalized spacial score (nSPS) is 17.4. The molecule has 8 nitrogen and oxygen atoms in total. The molecule has 1 aliphatic heterocycles. The fourth-order valence-corrected chi connectivity index (χ4v) is 3.47. The van der Waals surface area contributed by atoms with Gasteiger partial charge in [0.25, 0.3) is 0 Å². The monoisotopic (exact) mass is 519 g/mol. The van der Waals surface area contributed by atoms with Gasteiger partial charge in [-0.3, -0.25) is 9.89 Å². The summed E-state index contributed by atoms with van der Waals surface area (Å²) < 4.78 is 30.9. The highest BCUT2D eigenvalue weighted by atomic mass is 127. The summed E-state index contributed by atoms with van der Waals surface area (Å²) in [7, 11) is -3.15. The van der Waals surface area contributed by atoms with Crippen LogP contribution in [0.2, 0.25) is 0 Å². The second-order valence-electron chi connectivity index (χ2n) is 6.88. The Hall–Kier alpha value is -0.170. The van der Waals surface area contributed by atoms with E-state index in [4.69, 9.17) is 9.73 Å². The number of guanidine groups is 1. The van der Waals surface area contributed by atoms with E-state index in [1.54, 1.807) is 6.92 Å². The van der Waals surface area contributed by atoms with Crippen LogP contribution in [0.5, 0.6) is 0 Å². The SMILES string of the molecule is CCNC(=NCC(CC(C)C)N1CCOCC1)NCCNS(=O)(=O)CC.I. The highest BCUT2D eigenvalue weighted by Crippen LogP contribution is 2.14. The standard InChI is InChI=1S/C17H37N5O3S.HI/c1-5-18-17(19-7-8-21-26(23,24)6-2)20-14-16(13-15(3)4)22-9-11-25-12-10-22;/h15-16,21H,5-14H2,1-4H3,(H2,18,19,20);1H. The van der Waals surface area contributed by atoms with Gasteiger partial charge in [-0.15, -0.1) is 24.0 Å². The highest BCUT2D eigenvalue weighted by molar-refractivity contribution is 14.0. The highest BCUT2D eigenvalue weighted by Gasteiger charge is 2.21. The predicted molar refractivity (Wildman–Crippen MR) is 122 cm³/mol. The Morgan fingerprint density at radius 1 is 1.15 bits per heavy atom. The zero-order valence-electron chi connectivity index (χ0n) is 17.2. The van der Waals surface area contributed by atoms with Gasteiger partial charge in [-0.05, 0) is 26.2 Å². The van der Waals surface area contributed by atoms with Gasteiger partial charge in [-0.2, -0.15) is 0 Å². The molecule has 0 aliphatic carbocycles. The van der Waals surface area contributed by atoms with Crippen molar-refractivity contribution in [1.29, 1.82) is 0 Å². The number of ether oxygens (including phenoxy) is 1. The first-order valence-electron chi connectivity index (χ1n) is 9.69. The quantitative estimate of drug-likeness (QED) is 0.162. The molecule has 0 radical (unpaired) electrons. The van der Waals surface area contributed by atoms with Crippen LogP contribution in [0, 0.1) is 5.92 Å². The third-order valence-corrected chi connectivity index (χ3v) is 5.63. The van der Waals surface area contributed by atoms with Crippen LogP contribution in [0.25, 0.3) is 0 Å². The minimum absolute atomic E-state index is 0. The largest absolute Gasteiger partial charge is 0.379 e. The summed E-state index contributed by atoms with van der Waals surface area (Å²) >= 11 is 0. The first kappa shape index (κ1) is 26.8. The molecule has 0 aromatic carbocycles. The van der Waals surface area contributed by atoms with Gasteiger partial charge in [-0.1, -0.05) is 13.8 Å². The fraction of sp³-hybridized carbons (Fsp3) is 0.941. The number of halogens is 1. The molecule has 0 amide bonds. The Kier molecular flexibility index (Phi) is 14.7. The van der Waals surface area contributed by atoms with Crippen LogP contribution in [0.15, 0.2) is 4.99 Å². The van der Waals surface area contributed by atoms with Crippen LogP contribution in [-0.4, -0.2) is 83.6 Å². The molecule has 1 unspecified atom stereocenters. The number of morpholine rings is 1. The van der Waals surface area contributed by atoms with E-state index in [-0.39, 0.29) is 29.7 Å². The predicted octanol–water partition coefficient (Wildman–Crippen LogP) is 0.846. The van der Waals surface area contributed by atoms with Gasteiger partial charge >= 0.3 is 0 Å². The van der Waals surface area contributed by atoms with Crippen molar-refractivity contribution in [3.63, 3.8) is 0 Å². The maximum Gasteiger partial charge on any atom is 0.211 e. The van der Waals surface area contributed by atoms with Crippen LogP contribution < -0.4 is 15.4 Å². The lowest BCUT2D eigenvalue weighted by atomic mass is 10.0. The van der Waals surface area contributed by atoms with E-state index in [0.717, 1.165) is 45.2 Å². The fourth-order valence-electron chi connectivity index (χ4n) is 2.85. The Morgan fingerprint density at radius 3 is 2.37 bits per heavy atom. The second-order valence-corrected chi connectivity index (χ2v) is 8.97. The first-order valence-corrected chi connectivity index (χ1v) is 11.3. The van der Waals surface area contributed by atoms with Gasteiger partial charge in [0.05, 0.1) is 25.5 Å². The molecule has 1 saturated heterocycles. The van der Waals surface area contributed by atoms with Crippen molar-refractivity contribution in [1.82, 2.24) is 20.3 Å². The molecular formula is C17H38IN5O3S. The Labute approximate surface area is 182 Å². The lowest BCUT2D eigenvalue weighted by Gasteiger charge is -2.34. The van der Waals surface area contributed by atoms with Crippen molar-refractivity contribution in [2.75, 3.05) is 58.2 Å². The molecule has 1 heterocycles. The van der Waals surface area contributed by atoms with Crippen molar-refractivity contribution in [2.24, 2.45) is 10.9 Å². The topological polar surface area (TPSA) is 95.1 Å². The maximum atomic E-state index is 11.5. The molecule has 0 spiro atoms. The minimum Gasteiger partial charge on any atom is -0.379 e. The van der Waals surface area contributed by atoms with Crippen LogP contribution in [-0.2, 0) is 14.8 Å². The number of nitrogens with zero attached hydrogens (tertiary/aromatic N) is 2. The molecule has 3 N–H and O–H groups in total. The summed E-state index contributed by atoms with van der Waals surface area (Å²) in [6, 6.07) is 0.396. The third kappa shape index (κ3) is 12.1. The number of nitrogens with one attached hydrogen (secondary N) is 3. The zero-order chi connectivity index (χ0) is 19.4. The Morgan fingerprint density at radius 2 is 1.81 bits per heavy atom. The van der Waals surface area contributed by atoms with Crippen molar-refractivity contribution in [3.8, 4) is 0 Å². The molecule has 0 bridgehead atoms. The van der Waals surface area contributed by atoms with E-state index in [1.807, 2.05) is 6.92 Å². The first-order chi connectivity index (χ1) is 12.4. The second kappa shape index (κ2) is 14.8. The van der Waals surface area contributed by atoms with E-state index in [1.165, 1.54) is 0 Å². The van der Waals surface area contributed by atoms with Crippen LogP contribution in [0.3, 0.4) is 0 Å². The lowest BCUT2D eigenvalue weighted by Crippen LogP contribution is -2.47. The van der Waals surface area contributed by atoms with Crippen molar-refractivity contribution >= 4 is 40.0 Å². The number of aliphatic imine (C=N–C) groups is 1. The molecule has 0 aromatic rings. The Bertz CT molecular complexity index is 511. The average Bonchev–Trinajstić information content (AvgIpc) is 2.62. The summed E-state index contributed by atoms with van der Waals surface area (Å²) in [4.78, 5) is 7.20. The number of sulfonamides is 1. The third-order valence-electron chi connectivity index (χ3n) is 4.23.